The number of rotatable bonds is 2. The van der Waals surface area contributed by atoms with E-state index in [1.54, 1.807) is 12.1 Å². The first-order valence-electron chi connectivity index (χ1n) is 6.01. The van der Waals surface area contributed by atoms with Gasteiger partial charge < -0.3 is 20.1 Å². The fourth-order valence-corrected chi connectivity index (χ4v) is 1.75. The number of hydrogen-bond donors (Lipinski definition) is 2. The Bertz CT molecular complexity index is 447. The Morgan fingerprint density at radius 3 is 2.28 bits per heavy atom. The molecule has 0 atom stereocenters. The third-order valence-corrected chi connectivity index (χ3v) is 3.65. The smallest absolute Gasteiger partial charge is 0.507 e. The lowest BCUT2D eigenvalue weighted by Gasteiger charge is -2.32. The number of aromatic hydroxyl groups is 1. The molecule has 2 rings (SSSR count). The molecule has 1 aromatic rings. The number of pyridine rings is 1. The maximum Gasteiger partial charge on any atom is 0.518 e. The lowest BCUT2D eigenvalue weighted by atomic mass is 9.83. The van der Waals surface area contributed by atoms with Crippen LogP contribution in [0, 0.1) is 0 Å². The average Bonchev–Trinajstić information content (AvgIpc) is 2.48. The predicted molar refractivity (Wildman–Crippen MR) is 69.5 cm³/mol. The van der Waals surface area contributed by atoms with Gasteiger partial charge in [-0.1, -0.05) is 0 Å². The van der Waals surface area contributed by atoms with E-state index in [2.05, 4.69) is 4.98 Å². The summed E-state index contributed by atoms with van der Waals surface area (Å²) in [5, 5.41) is 9.87. The summed E-state index contributed by atoms with van der Waals surface area (Å²) < 4.78 is 11.7. The van der Waals surface area contributed by atoms with Crippen molar-refractivity contribution in [2.24, 2.45) is 5.73 Å². The molecule has 0 saturated carbocycles. The summed E-state index contributed by atoms with van der Waals surface area (Å²) in [6.45, 7) is 8.13. The van der Waals surface area contributed by atoms with Crippen molar-refractivity contribution in [2.75, 3.05) is 0 Å². The highest BCUT2D eigenvalue weighted by Gasteiger charge is 2.53. The summed E-state index contributed by atoms with van der Waals surface area (Å²) in [6.07, 6.45) is 0. The second-order valence-corrected chi connectivity index (χ2v) is 5.50. The zero-order valence-corrected chi connectivity index (χ0v) is 11.2. The van der Waals surface area contributed by atoms with Crippen LogP contribution in [0.4, 0.5) is 0 Å². The second-order valence-electron chi connectivity index (χ2n) is 5.50. The van der Waals surface area contributed by atoms with Gasteiger partial charge in [-0.25, -0.2) is 0 Å². The molecule has 0 aliphatic carbocycles. The Hall–Kier alpha value is -1.11. The lowest BCUT2D eigenvalue weighted by Crippen LogP contribution is -2.41. The molecule has 0 radical (unpaired) electrons. The van der Waals surface area contributed by atoms with Crippen molar-refractivity contribution in [1.29, 1.82) is 0 Å². The molecule has 18 heavy (non-hydrogen) atoms. The molecular formula is C12H19BN2O3. The first-order chi connectivity index (χ1) is 8.27. The molecule has 6 heteroatoms. The maximum atomic E-state index is 9.87. The van der Waals surface area contributed by atoms with Crippen LogP contribution in [0.2, 0.25) is 0 Å². The average molecular weight is 250 g/mol. The van der Waals surface area contributed by atoms with Crippen molar-refractivity contribution in [3.05, 3.63) is 17.8 Å². The van der Waals surface area contributed by atoms with Gasteiger partial charge in [0.15, 0.2) is 0 Å². The SMILES string of the molecule is CC1(C)OB(c2nc(CN)ccc2O)OC1(C)C. The van der Waals surface area contributed by atoms with Gasteiger partial charge in [0.2, 0.25) is 0 Å². The first kappa shape index (κ1) is 13.3. The molecular weight excluding hydrogens is 231 g/mol. The van der Waals surface area contributed by atoms with E-state index < -0.39 is 18.3 Å². The number of nitrogens with two attached hydrogens (primary N) is 1. The predicted octanol–water partition coefficient (Wildman–Crippen LogP) is 0.545. The quantitative estimate of drug-likeness (QED) is 0.749. The maximum absolute atomic E-state index is 9.87. The largest absolute Gasteiger partial charge is 0.518 e. The zero-order valence-electron chi connectivity index (χ0n) is 11.2. The normalized spacial score (nSPS) is 21.3. The van der Waals surface area contributed by atoms with Crippen LogP contribution in [0.1, 0.15) is 33.4 Å². The molecule has 0 aromatic carbocycles. The Balaban J connectivity index is 2.34. The lowest BCUT2D eigenvalue weighted by molar-refractivity contribution is 0.00578. The van der Waals surface area contributed by atoms with Gasteiger partial charge in [0.25, 0.3) is 0 Å². The van der Waals surface area contributed by atoms with Crippen molar-refractivity contribution in [3.8, 4) is 5.75 Å². The molecule has 0 spiro atoms. The molecule has 98 valence electrons. The van der Waals surface area contributed by atoms with E-state index in [0.717, 1.165) is 0 Å². The van der Waals surface area contributed by atoms with Crippen LogP contribution < -0.4 is 11.3 Å². The molecule has 5 nitrogen and oxygen atoms in total. The van der Waals surface area contributed by atoms with Gasteiger partial charge in [-0.2, -0.15) is 0 Å². The van der Waals surface area contributed by atoms with Crippen molar-refractivity contribution >= 4 is 12.7 Å². The van der Waals surface area contributed by atoms with Crippen LogP contribution in [0.15, 0.2) is 12.1 Å². The van der Waals surface area contributed by atoms with Gasteiger partial charge in [-0.05, 0) is 39.8 Å². The minimum Gasteiger partial charge on any atom is -0.507 e. The number of aromatic nitrogens is 1. The fraction of sp³-hybridized carbons (Fsp3) is 0.583. The molecule has 1 fully saturated rings. The monoisotopic (exact) mass is 250 g/mol. The third-order valence-electron chi connectivity index (χ3n) is 3.65. The highest BCUT2D eigenvalue weighted by Crippen LogP contribution is 2.36. The molecule has 0 bridgehead atoms. The summed E-state index contributed by atoms with van der Waals surface area (Å²) in [5.74, 6) is 0.0608. The molecule has 1 aromatic heterocycles. The van der Waals surface area contributed by atoms with Crippen LogP contribution >= 0.6 is 0 Å². The van der Waals surface area contributed by atoms with E-state index in [1.165, 1.54) is 0 Å². The summed E-state index contributed by atoms with van der Waals surface area (Å²) in [6, 6.07) is 3.25. The van der Waals surface area contributed by atoms with E-state index in [1.807, 2.05) is 27.7 Å². The van der Waals surface area contributed by atoms with Crippen LogP contribution in [0.5, 0.6) is 5.75 Å². The standard InChI is InChI=1S/C12H19BN2O3/c1-11(2)12(3,4)18-13(17-11)10-9(16)6-5-8(7-14)15-10/h5-6,16H,7,14H2,1-4H3. The van der Waals surface area contributed by atoms with Crippen molar-refractivity contribution in [3.63, 3.8) is 0 Å². The molecule has 1 aliphatic heterocycles. The highest BCUT2D eigenvalue weighted by atomic mass is 16.7. The highest BCUT2D eigenvalue weighted by molar-refractivity contribution is 6.62. The Morgan fingerprint density at radius 1 is 1.22 bits per heavy atom. The Kier molecular flexibility index (Phi) is 3.13. The van der Waals surface area contributed by atoms with Crippen LogP contribution in [-0.4, -0.2) is 28.4 Å². The number of nitrogens with zero attached hydrogens (tertiary/aromatic N) is 1. The molecule has 1 aliphatic rings. The molecule has 0 unspecified atom stereocenters. The van der Waals surface area contributed by atoms with Crippen molar-refractivity contribution in [2.45, 2.75) is 45.4 Å². The van der Waals surface area contributed by atoms with Crippen molar-refractivity contribution in [1.82, 2.24) is 4.98 Å². The topological polar surface area (TPSA) is 77.6 Å². The van der Waals surface area contributed by atoms with E-state index in [4.69, 9.17) is 15.0 Å². The fourth-order valence-electron chi connectivity index (χ4n) is 1.75. The summed E-state index contributed by atoms with van der Waals surface area (Å²) in [5.41, 5.74) is 5.72. The molecule has 2 heterocycles. The summed E-state index contributed by atoms with van der Waals surface area (Å²) >= 11 is 0. The summed E-state index contributed by atoms with van der Waals surface area (Å²) in [4.78, 5) is 4.28. The van der Waals surface area contributed by atoms with Gasteiger partial charge >= 0.3 is 7.12 Å². The van der Waals surface area contributed by atoms with Gasteiger partial charge in [0, 0.05) is 6.54 Å². The van der Waals surface area contributed by atoms with Gasteiger partial charge in [-0.15, -0.1) is 0 Å². The minimum atomic E-state index is -0.665. The van der Waals surface area contributed by atoms with E-state index in [9.17, 15) is 5.11 Å². The second kappa shape index (κ2) is 4.22. The molecule has 1 saturated heterocycles. The Labute approximate surface area is 107 Å². The molecule has 0 amide bonds. The van der Waals surface area contributed by atoms with Crippen LogP contribution in [0.3, 0.4) is 0 Å². The van der Waals surface area contributed by atoms with Gasteiger partial charge in [0.05, 0.1) is 16.9 Å². The van der Waals surface area contributed by atoms with Crippen molar-refractivity contribution < 1.29 is 14.4 Å². The third kappa shape index (κ3) is 2.11. The van der Waals surface area contributed by atoms with Crippen LogP contribution in [0.25, 0.3) is 0 Å². The number of hydrogen-bond acceptors (Lipinski definition) is 5. The van der Waals surface area contributed by atoms with E-state index in [0.29, 0.717) is 17.8 Å². The van der Waals surface area contributed by atoms with Gasteiger partial charge in [-0.3, -0.25) is 4.98 Å². The van der Waals surface area contributed by atoms with Crippen LogP contribution in [-0.2, 0) is 15.9 Å². The minimum absolute atomic E-state index is 0.0608. The zero-order chi connectivity index (χ0) is 13.6. The van der Waals surface area contributed by atoms with E-state index >= 15 is 0 Å². The Morgan fingerprint density at radius 2 is 1.78 bits per heavy atom. The van der Waals surface area contributed by atoms with E-state index in [-0.39, 0.29) is 5.75 Å². The van der Waals surface area contributed by atoms with Gasteiger partial charge in [0.1, 0.15) is 11.3 Å². The first-order valence-corrected chi connectivity index (χ1v) is 6.01. The summed E-state index contributed by atoms with van der Waals surface area (Å²) in [7, 11) is -0.665. The molecule has 3 N–H and O–H groups in total.